The van der Waals surface area contributed by atoms with E-state index in [1.165, 1.54) is 56.7 Å². The summed E-state index contributed by atoms with van der Waals surface area (Å²) in [7, 11) is -1.32. The zero-order valence-corrected chi connectivity index (χ0v) is 17.5. The average Bonchev–Trinajstić information content (AvgIpc) is 2.73. The summed E-state index contributed by atoms with van der Waals surface area (Å²) in [6, 6.07) is 13.8. The minimum atomic E-state index is -4.21. The fourth-order valence-electron chi connectivity index (χ4n) is 3.02. The first-order valence-corrected chi connectivity index (χ1v) is 10.4. The van der Waals surface area contributed by atoms with Crippen LogP contribution in [0.15, 0.2) is 65.6 Å². The van der Waals surface area contributed by atoms with E-state index in [9.17, 15) is 17.2 Å². The van der Waals surface area contributed by atoms with Crippen LogP contribution in [0, 0.1) is 18.6 Å². The number of ether oxygens (including phenoxy) is 2. The number of halogens is 2. The number of benzene rings is 3. The van der Waals surface area contributed by atoms with Crippen molar-refractivity contribution in [1.82, 2.24) is 0 Å². The zero-order chi connectivity index (χ0) is 21.9. The summed E-state index contributed by atoms with van der Waals surface area (Å²) < 4.78 is 66.4. The van der Waals surface area contributed by atoms with Gasteiger partial charge in [-0.15, -0.1) is 0 Å². The predicted molar refractivity (Wildman–Crippen MR) is 110 cm³/mol. The van der Waals surface area contributed by atoms with E-state index < -0.39 is 21.7 Å². The van der Waals surface area contributed by atoms with Gasteiger partial charge in [0.2, 0.25) is 0 Å². The van der Waals surface area contributed by atoms with Crippen molar-refractivity contribution in [3.63, 3.8) is 0 Å². The summed E-state index contributed by atoms with van der Waals surface area (Å²) in [4.78, 5) is -0.180. The second-order valence-corrected chi connectivity index (χ2v) is 8.45. The third kappa shape index (κ3) is 4.54. The topological polar surface area (TPSA) is 55.8 Å². The second kappa shape index (κ2) is 8.71. The van der Waals surface area contributed by atoms with Crippen LogP contribution in [0.2, 0.25) is 0 Å². The standard InChI is InChI=1S/C22H21F2NO4S/c1-15-7-8-18(24)10-22(15)30(26,27)25(14-16-5-4-6-17(23)9-16)19-11-20(28-2)13-21(12-19)29-3/h4-13H,14H2,1-3H3. The molecule has 158 valence electrons. The van der Waals surface area contributed by atoms with Gasteiger partial charge in [-0.05, 0) is 42.3 Å². The first kappa shape index (κ1) is 21.6. The highest BCUT2D eigenvalue weighted by atomic mass is 32.2. The number of hydrogen-bond acceptors (Lipinski definition) is 4. The number of methoxy groups -OCH3 is 2. The van der Waals surface area contributed by atoms with Gasteiger partial charge in [0.25, 0.3) is 10.0 Å². The lowest BCUT2D eigenvalue weighted by atomic mass is 10.2. The van der Waals surface area contributed by atoms with Gasteiger partial charge >= 0.3 is 0 Å². The molecule has 0 spiro atoms. The Hall–Kier alpha value is -3.13. The van der Waals surface area contributed by atoms with E-state index in [0.29, 0.717) is 22.6 Å². The van der Waals surface area contributed by atoms with Crippen molar-refractivity contribution in [2.45, 2.75) is 18.4 Å². The summed E-state index contributed by atoms with van der Waals surface area (Å²) in [5.41, 5.74) is 1.05. The summed E-state index contributed by atoms with van der Waals surface area (Å²) in [5.74, 6) is -0.414. The van der Waals surface area contributed by atoms with Crippen LogP contribution in [0.25, 0.3) is 0 Å². The molecule has 5 nitrogen and oxygen atoms in total. The number of sulfonamides is 1. The molecule has 0 atom stereocenters. The third-order valence-electron chi connectivity index (χ3n) is 4.56. The van der Waals surface area contributed by atoms with Gasteiger partial charge in [-0.3, -0.25) is 4.31 Å². The van der Waals surface area contributed by atoms with Crippen LogP contribution in [-0.2, 0) is 16.6 Å². The minimum absolute atomic E-state index is 0.174. The van der Waals surface area contributed by atoms with Crippen molar-refractivity contribution in [2.75, 3.05) is 18.5 Å². The predicted octanol–water partition coefficient (Wildman–Crippen LogP) is 4.69. The summed E-state index contributed by atoms with van der Waals surface area (Å²) in [5, 5.41) is 0. The van der Waals surface area contributed by atoms with Crippen molar-refractivity contribution < 1.29 is 26.7 Å². The van der Waals surface area contributed by atoms with E-state index in [-0.39, 0.29) is 17.1 Å². The number of nitrogens with zero attached hydrogens (tertiary/aromatic N) is 1. The van der Waals surface area contributed by atoms with Gasteiger partial charge < -0.3 is 9.47 Å². The van der Waals surface area contributed by atoms with Crippen LogP contribution in [0.5, 0.6) is 11.5 Å². The quantitative estimate of drug-likeness (QED) is 0.543. The van der Waals surface area contributed by atoms with Crippen LogP contribution in [0.1, 0.15) is 11.1 Å². The molecule has 3 rings (SSSR count). The number of aryl methyl sites for hydroxylation is 1. The van der Waals surface area contributed by atoms with Gasteiger partial charge in [0.1, 0.15) is 23.1 Å². The van der Waals surface area contributed by atoms with E-state index in [1.807, 2.05) is 0 Å². The summed E-state index contributed by atoms with van der Waals surface area (Å²) in [6.07, 6.45) is 0. The van der Waals surface area contributed by atoms with Crippen molar-refractivity contribution in [3.8, 4) is 11.5 Å². The largest absolute Gasteiger partial charge is 0.497 e. The molecule has 3 aromatic carbocycles. The molecule has 8 heteroatoms. The van der Waals surface area contributed by atoms with Gasteiger partial charge in [0, 0.05) is 18.2 Å². The highest BCUT2D eigenvalue weighted by molar-refractivity contribution is 7.92. The average molecular weight is 433 g/mol. The van der Waals surface area contributed by atoms with Gasteiger partial charge in [-0.25, -0.2) is 17.2 Å². The number of anilines is 1. The zero-order valence-electron chi connectivity index (χ0n) is 16.7. The van der Waals surface area contributed by atoms with E-state index >= 15 is 0 Å². The molecule has 0 unspecified atom stereocenters. The molecule has 0 aliphatic heterocycles. The van der Waals surface area contributed by atoms with E-state index in [1.54, 1.807) is 19.1 Å². The highest BCUT2D eigenvalue weighted by Crippen LogP contribution is 2.34. The van der Waals surface area contributed by atoms with Crippen LogP contribution in [0.3, 0.4) is 0 Å². The third-order valence-corrected chi connectivity index (χ3v) is 6.47. The van der Waals surface area contributed by atoms with E-state index in [4.69, 9.17) is 9.47 Å². The first-order valence-electron chi connectivity index (χ1n) is 9.01. The Morgan fingerprint density at radius 1 is 0.867 bits per heavy atom. The number of hydrogen-bond donors (Lipinski definition) is 0. The maximum absolute atomic E-state index is 13.9. The Kier molecular flexibility index (Phi) is 6.26. The Morgan fingerprint density at radius 3 is 2.10 bits per heavy atom. The first-order chi connectivity index (χ1) is 14.2. The van der Waals surface area contributed by atoms with E-state index in [2.05, 4.69) is 0 Å². The van der Waals surface area contributed by atoms with Gasteiger partial charge in [-0.2, -0.15) is 0 Å². The lowest BCUT2D eigenvalue weighted by molar-refractivity contribution is 0.394. The van der Waals surface area contributed by atoms with Gasteiger partial charge in [0.15, 0.2) is 0 Å². The molecule has 0 aromatic heterocycles. The molecule has 0 fully saturated rings. The molecular weight excluding hydrogens is 412 g/mol. The maximum atomic E-state index is 13.9. The molecule has 0 N–H and O–H groups in total. The van der Waals surface area contributed by atoms with Crippen molar-refractivity contribution in [2.24, 2.45) is 0 Å². The molecule has 30 heavy (non-hydrogen) atoms. The fraction of sp³-hybridized carbons (Fsp3) is 0.182. The lowest BCUT2D eigenvalue weighted by Gasteiger charge is -2.26. The van der Waals surface area contributed by atoms with Crippen LogP contribution < -0.4 is 13.8 Å². The Balaban J connectivity index is 2.20. The van der Waals surface area contributed by atoms with E-state index in [0.717, 1.165) is 10.4 Å². The smallest absolute Gasteiger partial charge is 0.264 e. The molecule has 0 bridgehead atoms. The molecule has 3 aromatic rings. The highest BCUT2D eigenvalue weighted by Gasteiger charge is 2.28. The molecule has 0 radical (unpaired) electrons. The normalized spacial score (nSPS) is 11.2. The van der Waals surface area contributed by atoms with Crippen molar-refractivity contribution in [3.05, 3.63) is 83.4 Å². The minimum Gasteiger partial charge on any atom is -0.497 e. The molecular formula is C22H21F2NO4S. The van der Waals surface area contributed by atoms with Crippen LogP contribution in [-0.4, -0.2) is 22.6 Å². The lowest BCUT2D eigenvalue weighted by Crippen LogP contribution is -2.31. The molecule has 0 aliphatic carbocycles. The Morgan fingerprint density at radius 2 is 1.50 bits per heavy atom. The van der Waals surface area contributed by atoms with Crippen LogP contribution in [0.4, 0.5) is 14.5 Å². The molecule has 0 heterocycles. The summed E-state index contributed by atoms with van der Waals surface area (Å²) in [6.45, 7) is 1.41. The van der Waals surface area contributed by atoms with Crippen molar-refractivity contribution in [1.29, 1.82) is 0 Å². The maximum Gasteiger partial charge on any atom is 0.264 e. The monoisotopic (exact) mass is 433 g/mol. The second-order valence-electron chi connectivity index (χ2n) is 6.62. The van der Waals surface area contributed by atoms with Crippen LogP contribution >= 0.6 is 0 Å². The summed E-state index contributed by atoms with van der Waals surface area (Å²) >= 11 is 0. The molecule has 0 aliphatic rings. The number of rotatable bonds is 7. The molecule has 0 saturated heterocycles. The fourth-order valence-corrected chi connectivity index (χ4v) is 4.70. The molecule has 0 saturated carbocycles. The SMILES string of the molecule is COc1cc(OC)cc(N(Cc2cccc(F)c2)S(=O)(=O)c2cc(F)ccc2C)c1. The van der Waals surface area contributed by atoms with Crippen molar-refractivity contribution >= 4 is 15.7 Å². The Labute approximate surface area is 174 Å². The van der Waals surface area contributed by atoms with Gasteiger partial charge in [-0.1, -0.05) is 18.2 Å². The Bertz CT molecular complexity index is 1140. The van der Waals surface area contributed by atoms with Gasteiger partial charge in [0.05, 0.1) is 31.3 Å². The molecule has 0 amide bonds.